The standard InChI is InChI=1S/C25H49N5O14/c1-25(40)8-41-23(18(38)21(25)28-2)44-20-10(30-22(39)13(33)11(32)6-26)5-9(27)19(17(20)37)43-24-16(36)15(35)14(34)12(42-24)7-29-3-4-31/h9-21,23-24,28-29,31-38,40H,3-8,26-27H2,1-2H3,(H,30,39). The number of carbonyl (C=O) groups is 1. The van der Waals surface area contributed by atoms with Gasteiger partial charge in [-0.15, -0.1) is 0 Å². The van der Waals surface area contributed by atoms with E-state index >= 15 is 0 Å². The van der Waals surface area contributed by atoms with E-state index in [1.807, 2.05) is 0 Å². The average Bonchev–Trinajstić information content (AvgIpc) is 2.98. The van der Waals surface area contributed by atoms with Gasteiger partial charge in [0.1, 0.15) is 60.5 Å². The van der Waals surface area contributed by atoms with E-state index in [0.29, 0.717) is 0 Å². The van der Waals surface area contributed by atoms with Crippen LogP contribution in [0.2, 0.25) is 0 Å². The van der Waals surface area contributed by atoms with E-state index in [4.69, 9.17) is 35.5 Å². The van der Waals surface area contributed by atoms with Crippen LogP contribution in [-0.4, -0.2) is 189 Å². The third kappa shape index (κ3) is 8.38. The van der Waals surface area contributed by atoms with Crippen LogP contribution in [0.3, 0.4) is 0 Å². The molecule has 0 spiro atoms. The second-order valence-electron chi connectivity index (χ2n) is 11.7. The number of amides is 1. The van der Waals surface area contributed by atoms with Crippen LogP contribution in [0.4, 0.5) is 0 Å². The van der Waals surface area contributed by atoms with Crippen LogP contribution in [0.1, 0.15) is 13.3 Å². The number of nitrogens with two attached hydrogens (primary N) is 2. The molecule has 3 fully saturated rings. The molecule has 19 nitrogen and oxygen atoms in total. The molecule has 3 aliphatic rings. The van der Waals surface area contributed by atoms with Crippen molar-refractivity contribution in [3.8, 4) is 0 Å². The molecule has 19 heteroatoms. The third-order valence-corrected chi connectivity index (χ3v) is 8.25. The first-order valence-electron chi connectivity index (χ1n) is 14.5. The summed E-state index contributed by atoms with van der Waals surface area (Å²) in [4.78, 5) is 12.7. The predicted molar refractivity (Wildman–Crippen MR) is 147 cm³/mol. The molecule has 3 rings (SSSR count). The van der Waals surface area contributed by atoms with E-state index in [1.54, 1.807) is 0 Å². The maximum Gasteiger partial charge on any atom is 0.251 e. The van der Waals surface area contributed by atoms with Crippen LogP contribution in [0.25, 0.3) is 0 Å². The van der Waals surface area contributed by atoms with E-state index in [-0.39, 0.29) is 32.7 Å². The Morgan fingerprint density at radius 1 is 1.02 bits per heavy atom. The predicted octanol–water partition coefficient (Wildman–Crippen LogP) is -8.54. The number of aliphatic hydroxyl groups is 9. The first kappa shape index (κ1) is 37.2. The van der Waals surface area contributed by atoms with Gasteiger partial charge in [0, 0.05) is 25.7 Å². The van der Waals surface area contributed by atoms with Crippen molar-refractivity contribution in [3.63, 3.8) is 0 Å². The Bertz CT molecular complexity index is 909. The number of rotatable bonds is 13. The summed E-state index contributed by atoms with van der Waals surface area (Å²) in [7, 11) is 1.50. The fourth-order valence-electron chi connectivity index (χ4n) is 5.71. The fraction of sp³-hybridized carbons (Fsp3) is 0.960. The van der Waals surface area contributed by atoms with E-state index < -0.39 is 110 Å². The van der Waals surface area contributed by atoms with Crippen molar-refractivity contribution in [3.05, 3.63) is 0 Å². The van der Waals surface area contributed by atoms with Crippen molar-refractivity contribution in [1.82, 2.24) is 16.0 Å². The Labute approximate surface area is 254 Å². The monoisotopic (exact) mass is 643 g/mol. The van der Waals surface area contributed by atoms with Crippen molar-refractivity contribution < 1.29 is 69.7 Å². The minimum Gasteiger partial charge on any atom is -0.395 e. The summed E-state index contributed by atoms with van der Waals surface area (Å²) in [6.45, 7) is 0.650. The van der Waals surface area contributed by atoms with Crippen LogP contribution in [0.5, 0.6) is 0 Å². The van der Waals surface area contributed by atoms with Crippen molar-refractivity contribution in [2.45, 2.75) is 111 Å². The lowest BCUT2D eigenvalue weighted by molar-refractivity contribution is -0.330. The highest BCUT2D eigenvalue weighted by molar-refractivity contribution is 5.81. The SMILES string of the molecule is CNC1C(O)C(OC2C(NC(=O)C(O)C(O)CN)CC(N)C(OC3OC(CNCCO)C(O)C(O)C3O)C2O)OCC1(C)O. The van der Waals surface area contributed by atoms with Crippen LogP contribution in [0, 0.1) is 0 Å². The molecular weight excluding hydrogens is 594 g/mol. The zero-order valence-corrected chi connectivity index (χ0v) is 24.6. The molecule has 2 heterocycles. The highest BCUT2D eigenvalue weighted by Crippen LogP contribution is 2.32. The summed E-state index contributed by atoms with van der Waals surface area (Å²) in [5, 5.41) is 101. The highest BCUT2D eigenvalue weighted by atomic mass is 16.7. The molecule has 16 N–H and O–H groups in total. The average molecular weight is 644 g/mol. The van der Waals surface area contributed by atoms with Gasteiger partial charge in [0.25, 0.3) is 5.91 Å². The van der Waals surface area contributed by atoms with Gasteiger partial charge in [0.15, 0.2) is 18.7 Å². The molecule has 258 valence electrons. The van der Waals surface area contributed by atoms with Crippen molar-refractivity contribution in [2.75, 3.05) is 39.9 Å². The van der Waals surface area contributed by atoms with E-state index in [2.05, 4.69) is 16.0 Å². The maximum absolute atomic E-state index is 12.7. The molecule has 44 heavy (non-hydrogen) atoms. The normalized spacial score (nSPS) is 44.6. The van der Waals surface area contributed by atoms with E-state index in [0.717, 1.165) is 0 Å². The molecule has 2 aliphatic heterocycles. The summed E-state index contributed by atoms with van der Waals surface area (Å²) in [5.41, 5.74) is 10.2. The molecule has 0 radical (unpaired) electrons. The van der Waals surface area contributed by atoms with Crippen molar-refractivity contribution >= 4 is 5.91 Å². The smallest absolute Gasteiger partial charge is 0.251 e. The Morgan fingerprint density at radius 3 is 2.30 bits per heavy atom. The lowest BCUT2D eigenvalue weighted by atomic mass is 9.83. The molecular formula is C25H49N5O14. The summed E-state index contributed by atoms with van der Waals surface area (Å²) < 4.78 is 23.0. The lowest BCUT2D eigenvalue weighted by Crippen LogP contribution is -2.70. The van der Waals surface area contributed by atoms with Gasteiger partial charge in [-0.25, -0.2) is 0 Å². The Balaban J connectivity index is 1.84. The molecule has 0 aromatic heterocycles. The van der Waals surface area contributed by atoms with Gasteiger partial charge in [0.05, 0.1) is 25.3 Å². The Kier molecular flexibility index (Phi) is 13.6. The number of aliphatic hydroxyl groups excluding tert-OH is 8. The Hall–Kier alpha value is -1.21. The molecule has 2 saturated heterocycles. The summed E-state index contributed by atoms with van der Waals surface area (Å²) >= 11 is 0. The van der Waals surface area contributed by atoms with Gasteiger partial charge in [0.2, 0.25) is 0 Å². The van der Waals surface area contributed by atoms with Gasteiger partial charge in [-0.1, -0.05) is 0 Å². The third-order valence-electron chi connectivity index (χ3n) is 8.25. The second-order valence-corrected chi connectivity index (χ2v) is 11.7. The summed E-state index contributed by atoms with van der Waals surface area (Å²) in [6.07, 6.45) is -18.9. The van der Waals surface area contributed by atoms with Crippen LogP contribution in [0.15, 0.2) is 0 Å². The van der Waals surface area contributed by atoms with E-state index in [1.165, 1.54) is 14.0 Å². The number of carbonyl (C=O) groups excluding carboxylic acids is 1. The first-order valence-corrected chi connectivity index (χ1v) is 14.5. The zero-order chi connectivity index (χ0) is 32.9. The van der Waals surface area contributed by atoms with Crippen LogP contribution < -0.4 is 27.4 Å². The molecule has 1 amide bonds. The van der Waals surface area contributed by atoms with Gasteiger partial charge in [-0.3, -0.25) is 4.79 Å². The van der Waals surface area contributed by atoms with E-state index in [9.17, 15) is 45.6 Å². The van der Waals surface area contributed by atoms with Crippen molar-refractivity contribution in [2.24, 2.45) is 11.5 Å². The highest BCUT2D eigenvalue weighted by Gasteiger charge is 2.53. The van der Waals surface area contributed by atoms with Gasteiger partial charge in [-0.05, 0) is 20.4 Å². The lowest BCUT2D eigenvalue weighted by Gasteiger charge is -2.49. The molecule has 1 saturated carbocycles. The first-order chi connectivity index (χ1) is 20.7. The van der Waals surface area contributed by atoms with Crippen molar-refractivity contribution in [1.29, 1.82) is 0 Å². The van der Waals surface area contributed by atoms with Gasteiger partial charge >= 0.3 is 0 Å². The molecule has 0 aromatic carbocycles. The molecule has 16 unspecified atom stereocenters. The number of likely N-dealkylation sites (N-methyl/N-ethyl adjacent to an activating group) is 1. The molecule has 0 aromatic rings. The topological polar surface area (TPSA) is 324 Å². The quantitative estimate of drug-likeness (QED) is 0.0828. The fourth-order valence-corrected chi connectivity index (χ4v) is 5.71. The van der Waals surface area contributed by atoms with Crippen LogP contribution in [-0.2, 0) is 23.7 Å². The summed E-state index contributed by atoms with van der Waals surface area (Å²) in [5.74, 6) is -1.05. The molecule has 16 atom stereocenters. The Morgan fingerprint density at radius 2 is 1.68 bits per heavy atom. The number of ether oxygens (including phenoxy) is 4. The van der Waals surface area contributed by atoms with Crippen LogP contribution >= 0.6 is 0 Å². The van der Waals surface area contributed by atoms with Gasteiger partial charge in [-0.2, -0.15) is 0 Å². The summed E-state index contributed by atoms with van der Waals surface area (Å²) in [6, 6.07) is -3.17. The number of hydrogen-bond donors (Lipinski definition) is 14. The number of nitrogens with one attached hydrogen (secondary N) is 3. The second kappa shape index (κ2) is 16.1. The number of hydrogen-bond acceptors (Lipinski definition) is 18. The minimum absolute atomic E-state index is 0.0330. The zero-order valence-electron chi connectivity index (χ0n) is 24.6. The van der Waals surface area contributed by atoms with Gasteiger partial charge < -0.3 is 92.3 Å². The maximum atomic E-state index is 12.7. The molecule has 0 bridgehead atoms. The largest absolute Gasteiger partial charge is 0.395 e. The molecule has 1 aliphatic carbocycles. The minimum atomic E-state index is -1.93.